The van der Waals surface area contributed by atoms with Crippen molar-refractivity contribution < 1.29 is 19.1 Å². The third-order valence-electron chi connectivity index (χ3n) is 6.61. The standard InChI is InChI=1S/C23H23N3O4/c1-12(2)19-17-18(23(25-19)15-6-4-5-7-16(15)24-22(23)29)21(28)26(20(17)27)13-8-10-14(30-3)11-9-13/h4-12,17-19,25H,1-3H3,(H,24,29)/t17-,18-,19-,23-/m0/s1. The number of rotatable bonds is 3. The lowest BCUT2D eigenvalue weighted by Crippen LogP contribution is -2.54. The van der Waals surface area contributed by atoms with Crippen LogP contribution < -0.4 is 20.3 Å². The zero-order valence-corrected chi connectivity index (χ0v) is 17.0. The molecule has 0 aromatic heterocycles. The van der Waals surface area contributed by atoms with Crippen LogP contribution in [0.5, 0.6) is 5.75 Å². The lowest BCUT2D eigenvalue weighted by Gasteiger charge is -2.30. The molecule has 7 heteroatoms. The number of hydrogen-bond acceptors (Lipinski definition) is 5. The molecule has 7 nitrogen and oxygen atoms in total. The molecule has 3 aliphatic heterocycles. The zero-order valence-electron chi connectivity index (χ0n) is 17.0. The van der Waals surface area contributed by atoms with E-state index >= 15 is 0 Å². The summed E-state index contributed by atoms with van der Waals surface area (Å²) in [5, 5.41) is 6.33. The van der Waals surface area contributed by atoms with E-state index in [-0.39, 0.29) is 29.7 Å². The van der Waals surface area contributed by atoms with Gasteiger partial charge in [-0.15, -0.1) is 0 Å². The predicted octanol–water partition coefficient (Wildman–Crippen LogP) is 2.28. The summed E-state index contributed by atoms with van der Waals surface area (Å²) in [6.45, 7) is 4.00. The van der Waals surface area contributed by atoms with Crippen molar-refractivity contribution in [2.45, 2.75) is 25.4 Å². The van der Waals surface area contributed by atoms with Gasteiger partial charge in [0.05, 0.1) is 24.6 Å². The first-order valence-electron chi connectivity index (χ1n) is 10.1. The van der Waals surface area contributed by atoms with Crippen molar-refractivity contribution >= 4 is 29.1 Å². The van der Waals surface area contributed by atoms with Crippen molar-refractivity contribution in [2.75, 3.05) is 17.3 Å². The number of hydrogen-bond donors (Lipinski definition) is 2. The summed E-state index contributed by atoms with van der Waals surface area (Å²) >= 11 is 0. The van der Waals surface area contributed by atoms with Gasteiger partial charge in [0.1, 0.15) is 11.3 Å². The normalized spacial score (nSPS) is 29.5. The van der Waals surface area contributed by atoms with Crippen molar-refractivity contribution in [2.24, 2.45) is 17.8 Å². The van der Waals surface area contributed by atoms with E-state index in [0.717, 1.165) is 5.56 Å². The third kappa shape index (κ3) is 2.26. The molecule has 4 atom stereocenters. The average molecular weight is 405 g/mol. The van der Waals surface area contributed by atoms with Crippen LogP contribution in [-0.4, -0.2) is 30.9 Å². The summed E-state index contributed by atoms with van der Waals surface area (Å²) in [6.07, 6.45) is 0. The molecule has 154 valence electrons. The molecule has 3 heterocycles. The Morgan fingerprint density at radius 1 is 1.00 bits per heavy atom. The van der Waals surface area contributed by atoms with Crippen molar-refractivity contribution in [3.05, 3.63) is 54.1 Å². The van der Waals surface area contributed by atoms with Crippen LogP contribution in [0.4, 0.5) is 11.4 Å². The van der Waals surface area contributed by atoms with Gasteiger partial charge in [0.25, 0.3) is 0 Å². The minimum atomic E-state index is -1.25. The van der Waals surface area contributed by atoms with Crippen molar-refractivity contribution in [1.82, 2.24) is 5.32 Å². The SMILES string of the molecule is COc1ccc(N2C(=O)[C@H]3[C@@H](C2=O)[C@]2(N[C@H]3C(C)C)C(=O)Nc3ccccc32)cc1. The van der Waals surface area contributed by atoms with Gasteiger partial charge in [0, 0.05) is 17.3 Å². The van der Waals surface area contributed by atoms with Gasteiger partial charge in [-0.2, -0.15) is 0 Å². The van der Waals surface area contributed by atoms with Crippen LogP contribution >= 0.6 is 0 Å². The number of amides is 3. The number of carbonyl (C=O) groups is 3. The van der Waals surface area contributed by atoms with Crippen LogP contribution in [0.1, 0.15) is 19.4 Å². The monoisotopic (exact) mass is 405 g/mol. The van der Waals surface area contributed by atoms with E-state index in [1.807, 2.05) is 38.1 Å². The smallest absolute Gasteiger partial charge is 0.250 e. The predicted molar refractivity (Wildman–Crippen MR) is 111 cm³/mol. The molecule has 3 amide bonds. The molecule has 2 saturated heterocycles. The summed E-state index contributed by atoms with van der Waals surface area (Å²) in [6, 6.07) is 13.9. The van der Waals surface area contributed by atoms with Crippen molar-refractivity contribution in [3.63, 3.8) is 0 Å². The Balaban J connectivity index is 1.65. The first-order chi connectivity index (χ1) is 14.4. The summed E-state index contributed by atoms with van der Waals surface area (Å²) in [5.74, 6) is -1.61. The maximum Gasteiger partial charge on any atom is 0.250 e. The van der Waals surface area contributed by atoms with E-state index in [0.29, 0.717) is 17.1 Å². The lowest BCUT2D eigenvalue weighted by molar-refractivity contribution is -0.130. The van der Waals surface area contributed by atoms with E-state index in [4.69, 9.17) is 4.74 Å². The van der Waals surface area contributed by atoms with Gasteiger partial charge in [0.2, 0.25) is 17.7 Å². The number of nitrogens with one attached hydrogen (secondary N) is 2. The highest BCUT2D eigenvalue weighted by molar-refractivity contribution is 6.25. The Hall–Kier alpha value is -3.19. The fraction of sp³-hybridized carbons (Fsp3) is 0.348. The van der Waals surface area contributed by atoms with Gasteiger partial charge < -0.3 is 10.1 Å². The Bertz CT molecular complexity index is 1060. The van der Waals surface area contributed by atoms with Crippen molar-refractivity contribution in [3.8, 4) is 5.75 Å². The summed E-state index contributed by atoms with van der Waals surface area (Å²) in [4.78, 5) is 41.7. The molecule has 1 spiro atoms. The number of para-hydroxylation sites is 1. The molecule has 5 rings (SSSR count). The van der Waals surface area contributed by atoms with E-state index in [9.17, 15) is 14.4 Å². The van der Waals surface area contributed by atoms with Gasteiger partial charge in [0.15, 0.2) is 0 Å². The maximum atomic E-state index is 13.7. The van der Waals surface area contributed by atoms with E-state index in [1.165, 1.54) is 4.90 Å². The molecule has 2 aromatic rings. The van der Waals surface area contributed by atoms with Crippen LogP contribution in [0.2, 0.25) is 0 Å². The zero-order chi connectivity index (χ0) is 21.2. The molecule has 0 unspecified atom stereocenters. The highest BCUT2D eigenvalue weighted by atomic mass is 16.5. The maximum absolute atomic E-state index is 13.7. The summed E-state index contributed by atoms with van der Waals surface area (Å²) < 4.78 is 5.19. The number of fused-ring (bicyclic) bond motifs is 4. The van der Waals surface area contributed by atoms with Gasteiger partial charge >= 0.3 is 0 Å². The minimum absolute atomic E-state index is 0.0602. The van der Waals surface area contributed by atoms with E-state index in [1.54, 1.807) is 31.4 Å². The molecule has 2 aromatic carbocycles. The second kappa shape index (κ2) is 6.40. The first kappa shape index (κ1) is 18.8. The van der Waals surface area contributed by atoms with Gasteiger partial charge in [-0.3, -0.25) is 19.7 Å². The molecule has 2 fully saturated rings. The van der Waals surface area contributed by atoms with Gasteiger partial charge in [-0.05, 0) is 36.2 Å². The second-order valence-corrected chi connectivity index (χ2v) is 8.44. The van der Waals surface area contributed by atoms with Crippen LogP contribution in [-0.2, 0) is 19.9 Å². The molecule has 3 aliphatic rings. The Labute approximate surface area is 174 Å². The fourth-order valence-electron chi connectivity index (χ4n) is 5.25. The molecule has 0 bridgehead atoms. The summed E-state index contributed by atoms with van der Waals surface area (Å²) in [5.41, 5.74) is 0.654. The number of ether oxygens (including phenoxy) is 1. The largest absolute Gasteiger partial charge is 0.497 e. The minimum Gasteiger partial charge on any atom is -0.497 e. The van der Waals surface area contributed by atoms with E-state index in [2.05, 4.69) is 10.6 Å². The molecule has 0 radical (unpaired) electrons. The average Bonchev–Trinajstić information content (AvgIpc) is 3.33. The van der Waals surface area contributed by atoms with Crippen LogP contribution in [0.25, 0.3) is 0 Å². The second-order valence-electron chi connectivity index (χ2n) is 8.44. The molecule has 30 heavy (non-hydrogen) atoms. The highest BCUT2D eigenvalue weighted by Gasteiger charge is 2.70. The van der Waals surface area contributed by atoms with Crippen molar-refractivity contribution in [1.29, 1.82) is 0 Å². The number of anilines is 2. The lowest BCUT2D eigenvalue weighted by atomic mass is 9.76. The Morgan fingerprint density at radius 2 is 1.70 bits per heavy atom. The number of carbonyl (C=O) groups excluding carboxylic acids is 3. The van der Waals surface area contributed by atoms with Crippen LogP contribution in [0, 0.1) is 17.8 Å². The molecule has 2 N–H and O–H groups in total. The first-order valence-corrected chi connectivity index (χ1v) is 10.1. The van der Waals surface area contributed by atoms with Gasteiger partial charge in [-0.1, -0.05) is 32.0 Å². The Kier molecular flexibility index (Phi) is 4.02. The fourth-order valence-corrected chi connectivity index (χ4v) is 5.25. The quantitative estimate of drug-likeness (QED) is 0.765. The molecular weight excluding hydrogens is 382 g/mol. The van der Waals surface area contributed by atoms with Gasteiger partial charge in [-0.25, -0.2) is 4.90 Å². The summed E-state index contributed by atoms with van der Waals surface area (Å²) in [7, 11) is 1.56. The Morgan fingerprint density at radius 3 is 2.37 bits per heavy atom. The van der Waals surface area contributed by atoms with Crippen LogP contribution in [0.3, 0.4) is 0 Å². The molecule has 0 aliphatic carbocycles. The van der Waals surface area contributed by atoms with E-state index < -0.39 is 17.4 Å². The number of nitrogens with zero attached hydrogens (tertiary/aromatic N) is 1. The molecule has 0 saturated carbocycles. The van der Waals surface area contributed by atoms with Crippen LogP contribution in [0.15, 0.2) is 48.5 Å². The number of benzene rings is 2. The highest BCUT2D eigenvalue weighted by Crippen LogP contribution is 2.54. The number of imide groups is 1. The molecular formula is C23H23N3O4. The topological polar surface area (TPSA) is 87.7 Å². The third-order valence-corrected chi connectivity index (χ3v) is 6.61. The number of methoxy groups -OCH3 is 1.